The number of rotatable bonds is 4. The number of nitro benzene ring substituents is 1. The molecule has 0 atom stereocenters. The summed E-state index contributed by atoms with van der Waals surface area (Å²) in [5, 5.41) is 10.8. The lowest BCUT2D eigenvalue weighted by Crippen LogP contribution is -2.39. The molecule has 8 nitrogen and oxygen atoms in total. The molecule has 110 valence electrons. The fraction of sp³-hybridized carbons (Fsp3) is 0.231. The first-order valence-corrected chi connectivity index (χ1v) is 6.27. The van der Waals surface area contributed by atoms with Gasteiger partial charge in [-0.25, -0.2) is 4.79 Å². The number of nitrogen functional groups attached to an aromatic ring is 1. The van der Waals surface area contributed by atoms with Crippen molar-refractivity contribution in [3.63, 3.8) is 0 Å². The van der Waals surface area contributed by atoms with E-state index in [4.69, 9.17) is 5.73 Å². The second-order valence-electron chi connectivity index (χ2n) is 4.45. The maximum absolute atomic E-state index is 12.1. The summed E-state index contributed by atoms with van der Waals surface area (Å²) in [7, 11) is 0. The molecule has 0 unspecified atom stereocenters. The van der Waals surface area contributed by atoms with Crippen molar-refractivity contribution in [2.45, 2.75) is 20.0 Å². The highest BCUT2D eigenvalue weighted by Crippen LogP contribution is 2.19. The van der Waals surface area contributed by atoms with Crippen molar-refractivity contribution in [3.05, 3.63) is 67.0 Å². The Bertz CT molecular complexity index is 807. The largest absolute Gasteiger partial charge is 0.398 e. The van der Waals surface area contributed by atoms with Gasteiger partial charge in [0.15, 0.2) is 0 Å². The Balaban J connectivity index is 2.53. The van der Waals surface area contributed by atoms with Crippen LogP contribution < -0.4 is 17.0 Å². The average Bonchev–Trinajstić information content (AvgIpc) is 2.45. The first kappa shape index (κ1) is 14.5. The van der Waals surface area contributed by atoms with Gasteiger partial charge in [-0.1, -0.05) is 0 Å². The molecule has 2 aromatic rings. The zero-order valence-corrected chi connectivity index (χ0v) is 11.4. The molecule has 0 saturated heterocycles. The second kappa shape index (κ2) is 5.61. The number of nitrogens with zero attached hydrogens (tertiary/aromatic N) is 3. The number of hydrogen-bond acceptors (Lipinski definition) is 5. The number of non-ortho nitro benzene ring substituents is 1. The first-order valence-electron chi connectivity index (χ1n) is 6.27. The molecule has 1 heterocycles. The predicted molar refractivity (Wildman–Crippen MR) is 77.2 cm³/mol. The van der Waals surface area contributed by atoms with Gasteiger partial charge in [-0.2, -0.15) is 0 Å². The minimum atomic E-state index is -0.555. The Morgan fingerprint density at radius 1 is 1.29 bits per heavy atom. The molecule has 21 heavy (non-hydrogen) atoms. The molecule has 0 aliphatic carbocycles. The van der Waals surface area contributed by atoms with E-state index in [0.717, 1.165) is 4.57 Å². The van der Waals surface area contributed by atoms with Gasteiger partial charge in [0.2, 0.25) is 0 Å². The van der Waals surface area contributed by atoms with E-state index in [-0.39, 0.29) is 12.2 Å². The highest BCUT2D eigenvalue weighted by molar-refractivity contribution is 5.52. The summed E-state index contributed by atoms with van der Waals surface area (Å²) < 4.78 is 2.37. The van der Waals surface area contributed by atoms with Gasteiger partial charge in [0.05, 0.1) is 11.5 Å². The average molecular weight is 290 g/mol. The highest BCUT2D eigenvalue weighted by Gasteiger charge is 2.12. The van der Waals surface area contributed by atoms with Crippen LogP contribution in [0.5, 0.6) is 0 Å². The Labute approximate surface area is 119 Å². The van der Waals surface area contributed by atoms with Crippen molar-refractivity contribution in [2.24, 2.45) is 0 Å². The van der Waals surface area contributed by atoms with Gasteiger partial charge in [-0.15, -0.1) is 0 Å². The Kier molecular flexibility index (Phi) is 3.88. The molecule has 0 radical (unpaired) electrons. The minimum Gasteiger partial charge on any atom is -0.398 e. The fourth-order valence-corrected chi connectivity index (χ4v) is 1.96. The number of benzene rings is 1. The van der Waals surface area contributed by atoms with Crippen LogP contribution in [-0.2, 0) is 13.1 Å². The van der Waals surface area contributed by atoms with E-state index in [2.05, 4.69) is 0 Å². The topological polar surface area (TPSA) is 113 Å². The van der Waals surface area contributed by atoms with Crippen LogP contribution in [0.2, 0.25) is 0 Å². The molecule has 0 bridgehead atoms. The molecule has 0 aliphatic heterocycles. The van der Waals surface area contributed by atoms with Crippen LogP contribution in [0.1, 0.15) is 12.5 Å². The maximum atomic E-state index is 12.1. The molecule has 0 saturated carbocycles. The third-order valence-corrected chi connectivity index (χ3v) is 3.15. The van der Waals surface area contributed by atoms with Crippen molar-refractivity contribution in [2.75, 3.05) is 5.73 Å². The smallest absolute Gasteiger partial charge is 0.331 e. The first-order chi connectivity index (χ1) is 9.93. The molecule has 0 fully saturated rings. The zero-order chi connectivity index (χ0) is 15.6. The van der Waals surface area contributed by atoms with E-state index in [1.807, 2.05) is 0 Å². The van der Waals surface area contributed by atoms with Crippen molar-refractivity contribution < 1.29 is 4.92 Å². The van der Waals surface area contributed by atoms with Gasteiger partial charge < -0.3 is 10.3 Å². The monoisotopic (exact) mass is 290 g/mol. The summed E-state index contributed by atoms with van der Waals surface area (Å²) in [6, 6.07) is 5.21. The van der Waals surface area contributed by atoms with Crippen LogP contribution in [0.15, 0.2) is 40.1 Å². The van der Waals surface area contributed by atoms with E-state index in [0.29, 0.717) is 17.8 Å². The van der Waals surface area contributed by atoms with Crippen LogP contribution in [0.25, 0.3) is 0 Å². The zero-order valence-electron chi connectivity index (χ0n) is 11.4. The van der Waals surface area contributed by atoms with E-state index >= 15 is 0 Å². The van der Waals surface area contributed by atoms with Gasteiger partial charge in [0.1, 0.15) is 0 Å². The maximum Gasteiger partial charge on any atom is 0.331 e. The molecular weight excluding hydrogens is 276 g/mol. The molecule has 2 rings (SSSR count). The number of hydrogen-bond donors (Lipinski definition) is 1. The standard InChI is InChI=1S/C13H14N4O4/c1-2-15-6-5-12(18)16(13(15)19)8-9-7-10(17(20)21)3-4-11(9)14/h3-7H,2,8,14H2,1H3. The van der Waals surface area contributed by atoms with Crippen molar-refractivity contribution in [1.29, 1.82) is 0 Å². The molecule has 2 N–H and O–H groups in total. The van der Waals surface area contributed by atoms with Gasteiger partial charge in [0, 0.05) is 42.2 Å². The van der Waals surface area contributed by atoms with E-state index in [1.165, 1.54) is 35.0 Å². The quantitative estimate of drug-likeness (QED) is 0.502. The third-order valence-electron chi connectivity index (χ3n) is 3.15. The molecule has 1 aromatic carbocycles. The Morgan fingerprint density at radius 2 is 2.00 bits per heavy atom. The number of anilines is 1. The molecule has 0 aliphatic rings. The predicted octanol–water partition coefficient (Wildman–Crippen LogP) is 0.569. The summed E-state index contributed by atoms with van der Waals surface area (Å²) in [5.74, 6) is 0. The summed E-state index contributed by atoms with van der Waals surface area (Å²) in [4.78, 5) is 34.2. The third kappa shape index (κ3) is 2.83. The fourth-order valence-electron chi connectivity index (χ4n) is 1.96. The lowest BCUT2D eigenvalue weighted by molar-refractivity contribution is -0.384. The SMILES string of the molecule is CCn1ccc(=O)n(Cc2cc([N+](=O)[O-])ccc2N)c1=O. The molecule has 1 aromatic heterocycles. The molecule has 0 spiro atoms. The second-order valence-corrected chi connectivity index (χ2v) is 4.45. The van der Waals surface area contributed by atoms with Gasteiger partial charge in [-0.3, -0.25) is 19.5 Å². The molecule has 8 heteroatoms. The van der Waals surface area contributed by atoms with Crippen LogP contribution >= 0.6 is 0 Å². The Hall–Kier alpha value is -2.90. The number of nitro groups is 1. The number of nitrogens with two attached hydrogens (primary N) is 1. The van der Waals surface area contributed by atoms with Crippen molar-refractivity contribution in [1.82, 2.24) is 9.13 Å². The van der Waals surface area contributed by atoms with Crippen molar-refractivity contribution in [3.8, 4) is 0 Å². The molecule has 0 amide bonds. The van der Waals surface area contributed by atoms with Gasteiger partial charge in [0.25, 0.3) is 11.2 Å². The number of aryl methyl sites for hydroxylation is 1. The summed E-state index contributed by atoms with van der Waals surface area (Å²) in [5.41, 5.74) is 5.32. The van der Waals surface area contributed by atoms with E-state index in [9.17, 15) is 19.7 Å². The summed E-state index contributed by atoms with van der Waals surface area (Å²) in [6.45, 7) is 2.09. The van der Waals surface area contributed by atoms with Crippen molar-refractivity contribution >= 4 is 11.4 Å². The minimum absolute atomic E-state index is 0.105. The van der Waals surface area contributed by atoms with Crippen LogP contribution in [0.4, 0.5) is 11.4 Å². The number of aromatic nitrogens is 2. The lowest BCUT2D eigenvalue weighted by atomic mass is 10.1. The van der Waals surface area contributed by atoms with Crippen LogP contribution in [0.3, 0.4) is 0 Å². The Morgan fingerprint density at radius 3 is 2.62 bits per heavy atom. The van der Waals surface area contributed by atoms with E-state index in [1.54, 1.807) is 6.92 Å². The van der Waals surface area contributed by atoms with Gasteiger partial charge >= 0.3 is 5.69 Å². The van der Waals surface area contributed by atoms with Crippen LogP contribution in [0, 0.1) is 10.1 Å². The summed E-state index contributed by atoms with van der Waals surface area (Å²) in [6.07, 6.45) is 1.41. The molecular formula is C13H14N4O4. The van der Waals surface area contributed by atoms with Gasteiger partial charge in [-0.05, 0) is 13.0 Å². The lowest BCUT2D eigenvalue weighted by Gasteiger charge is -2.10. The van der Waals surface area contributed by atoms with Crippen LogP contribution in [-0.4, -0.2) is 14.1 Å². The normalized spacial score (nSPS) is 10.5. The highest BCUT2D eigenvalue weighted by atomic mass is 16.6. The summed E-state index contributed by atoms with van der Waals surface area (Å²) >= 11 is 0. The van der Waals surface area contributed by atoms with E-state index < -0.39 is 16.2 Å².